The number of carbonyl (C=O) groups excluding carboxylic acids is 1. The summed E-state index contributed by atoms with van der Waals surface area (Å²) >= 11 is 0. The van der Waals surface area contributed by atoms with Crippen molar-refractivity contribution < 1.29 is 22.7 Å². The molecule has 5 heteroatoms. The Labute approximate surface area is 68.7 Å². The van der Waals surface area contributed by atoms with Crippen molar-refractivity contribution in [3.05, 3.63) is 0 Å². The Bertz CT molecular complexity index is 153. The number of alkyl halides is 3. The second-order valence-corrected chi connectivity index (χ2v) is 2.56. The normalized spacial score (nSPS) is 14.1. The smallest absolute Gasteiger partial charge is 0.391 e. The maximum absolute atomic E-state index is 11.9. The first-order valence-electron chi connectivity index (χ1n) is 3.51. The molecule has 0 saturated carbocycles. The van der Waals surface area contributed by atoms with Gasteiger partial charge in [-0.05, 0) is 6.42 Å². The first-order chi connectivity index (χ1) is 5.38. The number of halogens is 3. The predicted molar refractivity (Wildman–Crippen MR) is 36.5 cm³/mol. The number of carbonyl (C=O) groups is 1. The van der Waals surface area contributed by atoms with Crippen molar-refractivity contribution in [2.45, 2.75) is 25.9 Å². The minimum absolute atomic E-state index is 0.183. The van der Waals surface area contributed by atoms with Gasteiger partial charge in [0.2, 0.25) is 0 Å². The van der Waals surface area contributed by atoms with Gasteiger partial charge in [0.25, 0.3) is 0 Å². The number of ether oxygens (including phenoxy) is 1. The van der Waals surface area contributed by atoms with Crippen LogP contribution < -0.4 is 0 Å². The average molecular weight is 184 g/mol. The van der Waals surface area contributed by atoms with Crippen molar-refractivity contribution in [1.29, 1.82) is 0 Å². The van der Waals surface area contributed by atoms with E-state index in [0.717, 1.165) is 14.0 Å². The fourth-order valence-corrected chi connectivity index (χ4v) is 0.600. The van der Waals surface area contributed by atoms with E-state index < -0.39 is 18.1 Å². The van der Waals surface area contributed by atoms with E-state index in [1.54, 1.807) is 0 Å². The lowest BCUT2D eigenvalue weighted by Crippen LogP contribution is -2.20. The van der Waals surface area contributed by atoms with Gasteiger partial charge in [-0.3, -0.25) is 4.79 Å². The summed E-state index contributed by atoms with van der Waals surface area (Å²) in [6.07, 6.45) is -4.61. The van der Waals surface area contributed by atoms with Crippen LogP contribution in [0.2, 0.25) is 0 Å². The van der Waals surface area contributed by atoms with Crippen LogP contribution in [0.5, 0.6) is 0 Å². The molecule has 0 heterocycles. The Balaban J connectivity index is 3.72. The third-order valence-corrected chi connectivity index (χ3v) is 1.57. The number of hydrogen-bond acceptors (Lipinski definition) is 2. The quantitative estimate of drug-likeness (QED) is 0.628. The largest absolute Gasteiger partial charge is 0.469 e. The Morgan fingerprint density at radius 2 is 2.00 bits per heavy atom. The summed E-state index contributed by atoms with van der Waals surface area (Å²) in [5.74, 6) is -2.05. The fraction of sp³-hybridized carbons (Fsp3) is 0.857. The molecule has 0 N–H and O–H groups in total. The predicted octanol–water partition coefficient (Wildman–Crippen LogP) is 2.14. The summed E-state index contributed by atoms with van der Waals surface area (Å²) in [5.41, 5.74) is 0. The minimum Gasteiger partial charge on any atom is -0.469 e. The SMILES string of the molecule is COC(=O)CCC(C)C(F)(F)F. The lowest BCUT2D eigenvalue weighted by molar-refractivity contribution is -0.172. The molecule has 0 aliphatic rings. The molecule has 0 aliphatic heterocycles. The molecule has 0 fully saturated rings. The summed E-state index contributed by atoms with van der Waals surface area (Å²) < 4.78 is 39.8. The van der Waals surface area contributed by atoms with Crippen molar-refractivity contribution in [2.24, 2.45) is 5.92 Å². The van der Waals surface area contributed by atoms with Gasteiger partial charge in [-0.25, -0.2) is 0 Å². The van der Waals surface area contributed by atoms with Crippen LogP contribution >= 0.6 is 0 Å². The second kappa shape index (κ2) is 4.33. The molecule has 0 aromatic carbocycles. The van der Waals surface area contributed by atoms with Crippen LogP contribution in [0.4, 0.5) is 13.2 Å². The number of esters is 1. The molecule has 0 radical (unpaired) electrons. The maximum Gasteiger partial charge on any atom is 0.391 e. The molecule has 2 nitrogen and oxygen atoms in total. The van der Waals surface area contributed by atoms with E-state index in [-0.39, 0.29) is 12.8 Å². The molecular weight excluding hydrogens is 173 g/mol. The summed E-state index contributed by atoms with van der Waals surface area (Å²) in [5, 5.41) is 0. The topological polar surface area (TPSA) is 26.3 Å². The van der Waals surface area contributed by atoms with Gasteiger partial charge in [-0.1, -0.05) is 6.92 Å². The molecule has 0 saturated heterocycles. The molecular formula is C7H11F3O2. The van der Waals surface area contributed by atoms with E-state index in [1.807, 2.05) is 0 Å². The summed E-state index contributed by atoms with van der Waals surface area (Å²) in [6.45, 7) is 1.04. The van der Waals surface area contributed by atoms with Crippen LogP contribution in [-0.4, -0.2) is 19.3 Å². The molecule has 0 amide bonds. The molecule has 0 bridgehead atoms. The van der Waals surface area contributed by atoms with Gasteiger partial charge in [0, 0.05) is 6.42 Å². The van der Waals surface area contributed by atoms with E-state index in [1.165, 1.54) is 0 Å². The van der Waals surface area contributed by atoms with Gasteiger partial charge in [-0.15, -0.1) is 0 Å². The van der Waals surface area contributed by atoms with Gasteiger partial charge in [-0.2, -0.15) is 13.2 Å². The highest BCUT2D eigenvalue weighted by Gasteiger charge is 2.35. The van der Waals surface area contributed by atoms with Crippen LogP contribution in [-0.2, 0) is 9.53 Å². The Morgan fingerprint density at radius 3 is 2.33 bits per heavy atom. The fourth-order valence-electron chi connectivity index (χ4n) is 0.600. The van der Waals surface area contributed by atoms with Crippen molar-refractivity contribution in [2.75, 3.05) is 7.11 Å². The van der Waals surface area contributed by atoms with E-state index in [4.69, 9.17) is 0 Å². The van der Waals surface area contributed by atoms with Crippen molar-refractivity contribution >= 4 is 5.97 Å². The van der Waals surface area contributed by atoms with Gasteiger partial charge in [0.05, 0.1) is 13.0 Å². The zero-order chi connectivity index (χ0) is 9.78. The molecule has 0 spiro atoms. The summed E-state index contributed by atoms with van der Waals surface area (Å²) in [6, 6.07) is 0. The maximum atomic E-state index is 11.9. The molecule has 1 atom stereocenters. The van der Waals surface area contributed by atoms with Crippen LogP contribution in [0.15, 0.2) is 0 Å². The highest BCUT2D eigenvalue weighted by Crippen LogP contribution is 2.28. The van der Waals surface area contributed by atoms with Gasteiger partial charge in [0.15, 0.2) is 0 Å². The summed E-state index contributed by atoms with van der Waals surface area (Å²) in [4.78, 5) is 10.5. The molecule has 72 valence electrons. The van der Waals surface area contributed by atoms with Gasteiger partial charge < -0.3 is 4.74 Å². The average Bonchev–Trinajstić information content (AvgIpc) is 1.97. The van der Waals surface area contributed by atoms with Crippen LogP contribution in [0.1, 0.15) is 19.8 Å². The highest BCUT2D eigenvalue weighted by atomic mass is 19.4. The van der Waals surface area contributed by atoms with Crippen molar-refractivity contribution in [1.82, 2.24) is 0 Å². The Kier molecular flexibility index (Phi) is 4.06. The van der Waals surface area contributed by atoms with E-state index in [2.05, 4.69) is 4.74 Å². The van der Waals surface area contributed by atoms with Crippen molar-refractivity contribution in [3.63, 3.8) is 0 Å². The van der Waals surface area contributed by atoms with Gasteiger partial charge in [0.1, 0.15) is 0 Å². The third-order valence-electron chi connectivity index (χ3n) is 1.57. The van der Waals surface area contributed by atoms with E-state index in [0.29, 0.717) is 0 Å². The number of methoxy groups -OCH3 is 1. The summed E-state index contributed by atoms with van der Waals surface area (Å²) in [7, 11) is 1.15. The minimum atomic E-state index is -4.21. The lowest BCUT2D eigenvalue weighted by atomic mass is 10.1. The zero-order valence-electron chi connectivity index (χ0n) is 6.94. The van der Waals surface area contributed by atoms with Crippen LogP contribution in [0.3, 0.4) is 0 Å². The molecule has 0 rings (SSSR count). The highest BCUT2D eigenvalue weighted by molar-refractivity contribution is 5.69. The first-order valence-corrected chi connectivity index (χ1v) is 3.51. The lowest BCUT2D eigenvalue weighted by Gasteiger charge is -2.13. The van der Waals surface area contributed by atoms with E-state index >= 15 is 0 Å². The molecule has 1 unspecified atom stereocenters. The molecule has 0 aromatic rings. The van der Waals surface area contributed by atoms with E-state index in [9.17, 15) is 18.0 Å². The Morgan fingerprint density at radius 1 is 1.50 bits per heavy atom. The first kappa shape index (κ1) is 11.3. The molecule has 12 heavy (non-hydrogen) atoms. The third kappa shape index (κ3) is 4.20. The molecule has 0 aliphatic carbocycles. The Hall–Kier alpha value is -0.740. The standard InChI is InChI=1S/C7H11F3O2/c1-5(7(8,9)10)3-4-6(11)12-2/h5H,3-4H2,1-2H3. The number of rotatable bonds is 3. The zero-order valence-corrected chi connectivity index (χ0v) is 6.94. The van der Waals surface area contributed by atoms with Crippen molar-refractivity contribution in [3.8, 4) is 0 Å². The number of hydrogen-bond donors (Lipinski definition) is 0. The second-order valence-electron chi connectivity index (χ2n) is 2.56. The van der Waals surface area contributed by atoms with Crippen LogP contribution in [0.25, 0.3) is 0 Å². The monoisotopic (exact) mass is 184 g/mol. The van der Waals surface area contributed by atoms with Crippen LogP contribution in [0, 0.1) is 5.92 Å². The van der Waals surface area contributed by atoms with Gasteiger partial charge >= 0.3 is 12.1 Å². The molecule has 0 aromatic heterocycles.